The first-order chi connectivity index (χ1) is 12.3. The molecule has 2 saturated carbocycles. The maximum Gasteiger partial charge on any atom is -0.0233 e. The fourth-order valence-corrected chi connectivity index (χ4v) is 4.87. The van der Waals surface area contributed by atoms with Crippen LogP contribution >= 0.6 is 0 Å². The van der Waals surface area contributed by atoms with E-state index in [1.807, 2.05) is 0 Å². The highest BCUT2D eigenvalue weighted by Gasteiger charge is 2.20. The SMILES string of the molecule is CC=CCCC1CCC(C=CCCC2CCC(CC=CC)CC2)CC1. The van der Waals surface area contributed by atoms with Gasteiger partial charge in [-0.1, -0.05) is 49.3 Å². The van der Waals surface area contributed by atoms with Gasteiger partial charge in [0.15, 0.2) is 0 Å². The highest BCUT2D eigenvalue weighted by atomic mass is 14.3. The van der Waals surface area contributed by atoms with Gasteiger partial charge in [0.05, 0.1) is 0 Å². The first-order valence-electron chi connectivity index (χ1n) is 11.2. The summed E-state index contributed by atoms with van der Waals surface area (Å²) in [7, 11) is 0. The van der Waals surface area contributed by atoms with Gasteiger partial charge in [-0.2, -0.15) is 0 Å². The largest absolute Gasteiger partial charge is 0.0917 e. The molecule has 0 spiro atoms. The zero-order chi connectivity index (χ0) is 17.7. The van der Waals surface area contributed by atoms with Crippen LogP contribution in [0.5, 0.6) is 0 Å². The lowest BCUT2D eigenvalue weighted by atomic mass is 9.78. The summed E-state index contributed by atoms with van der Waals surface area (Å²) >= 11 is 0. The van der Waals surface area contributed by atoms with Gasteiger partial charge in [-0.25, -0.2) is 0 Å². The molecule has 0 N–H and O–H groups in total. The smallest absolute Gasteiger partial charge is 0.0233 e. The maximum absolute atomic E-state index is 2.57. The van der Waals surface area contributed by atoms with E-state index in [9.17, 15) is 0 Å². The number of hydrogen-bond acceptors (Lipinski definition) is 0. The molecule has 0 aromatic rings. The van der Waals surface area contributed by atoms with Gasteiger partial charge in [0.2, 0.25) is 0 Å². The minimum atomic E-state index is 0.884. The summed E-state index contributed by atoms with van der Waals surface area (Å²) in [6.45, 7) is 4.28. The topological polar surface area (TPSA) is 0 Å². The molecule has 2 aliphatic carbocycles. The van der Waals surface area contributed by atoms with Crippen molar-refractivity contribution in [1.29, 1.82) is 0 Å². The van der Waals surface area contributed by atoms with E-state index < -0.39 is 0 Å². The summed E-state index contributed by atoms with van der Waals surface area (Å²) in [4.78, 5) is 0. The molecule has 142 valence electrons. The van der Waals surface area contributed by atoms with Crippen molar-refractivity contribution in [3.8, 4) is 0 Å². The minimum absolute atomic E-state index is 0.884. The third-order valence-corrected chi connectivity index (χ3v) is 6.69. The van der Waals surface area contributed by atoms with Crippen LogP contribution in [0.2, 0.25) is 0 Å². The number of rotatable bonds is 9. The summed E-state index contributed by atoms with van der Waals surface area (Å²) in [6.07, 6.45) is 32.7. The first kappa shape index (κ1) is 20.5. The summed E-state index contributed by atoms with van der Waals surface area (Å²) < 4.78 is 0. The van der Waals surface area contributed by atoms with E-state index in [1.54, 1.807) is 0 Å². The fraction of sp³-hybridized carbons (Fsp3) is 0.760. The van der Waals surface area contributed by atoms with E-state index in [2.05, 4.69) is 50.3 Å². The fourth-order valence-electron chi connectivity index (χ4n) is 4.87. The van der Waals surface area contributed by atoms with Gasteiger partial charge in [0.1, 0.15) is 0 Å². The molecule has 2 rings (SSSR count). The molecule has 0 unspecified atom stereocenters. The molecular formula is C25H42. The van der Waals surface area contributed by atoms with E-state index >= 15 is 0 Å². The van der Waals surface area contributed by atoms with Crippen molar-refractivity contribution in [2.45, 2.75) is 97.3 Å². The van der Waals surface area contributed by atoms with Crippen LogP contribution in [0.25, 0.3) is 0 Å². The van der Waals surface area contributed by atoms with Crippen LogP contribution in [0.4, 0.5) is 0 Å². The highest BCUT2D eigenvalue weighted by Crippen LogP contribution is 2.34. The Hall–Kier alpha value is -0.780. The van der Waals surface area contributed by atoms with E-state index in [1.165, 1.54) is 83.5 Å². The van der Waals surface area contributed by atoms with Crippen molar-refractivity contribution in [1.82, 2.24) is 0 Å². The van der Waals surface area contributed by atoms with Gasteiger partial charge in [0, 0.05) is 0 Å². The van der Waals surface area contributed by atoms with E-state index in [0.29, 0.717) is 0 Å². The van der Waals surface area contributed by atoms with Crippen molar-refractivity contribution in [2.75, 3.05) is 0 Å². The zero-order valence-electron chi connectivity index (χ0n) is 17.0. The molecule has 2 fully saturated rings. The number of hydrogen-bond donors (Lipinski definition) is 0. The molecule has 0 aromatic carbocycles. The van der Waals surface area contributed by atoms with Gasteiger partial charge >= 0.3 is 0 Å². The lowest BCUT2D eigenvalue weighted by molar-refractivity contribution is 0.265. The zero-order valence-corrected chi connectivity index (χ0v) is 17.0. The molecule has 25 heavy (non-hydrogen) atoms. The Balaban J connectivity index is 1.53. The van der Waals surface area contributed by atoms with E-state index in [-0.39, 0.29) is 0 Å². The number of allylic oxidation sites excluding steroid dienone is 6. The lowest BCUT2D eigenvalue weighted by Gasteiger charge is -2.28. The van der Waals surface area contributed by atoms with Gasteiger partial charge in [-0.05, 0) is 108 Å². The van der Waals surface area contributed by atoms with Crippen LogP contribution in [0.15, 0.2) is 36.5 Å². The van der Waals surface area contributed by atoms with Crippen LogP contribution in [0, 0.1) is 23.7 Å². The maximum atomic E-state index is 2.57. The molecule has 0 bridgehead atoms. The molecule has 0 saturated heterocycles. The predicted octanol–water partition coefficient (Wildman–Crippen LogP) is 8.26. The van der Waals surface area contributed by atoms with Crippen LogP contribution in [0.3, 0.4) is 0 Å². The van der Waals surface area contributed by atoms with Crippen LogP contribution in [-0.4, -0.2) is 0 Å². The quantitative estimate of drug-likeness (QED) is 0.370. The molecule has 0 aliphatic heterocycles. The standard InChI is InChI=1S/C25H42/c1-3-5-7-11-23-18-20-25(21-19-23)13-9-8-12-24-16-14-22(15-17-24)10-6-4-2/h3-6,9,13,22-25H,7-8,10-12,14-21H2,1-2H3. The summed E-state index contributed by atoms with van der Waals surface area (Å²) in [5.41, 5.74) is 0. The van der Waals surface area contributed by atoms with Crippen molar-refractivity contribution < 1.29 is 0 Å². The van der Waals surface area contributed by atoms with E-state index in [4.69, 9.17) is 0 Å². The Bertz CT molecular complexity index is 398. The monoisotopic (exact) mass is 342 g/mol. The second kappa shape index (κ2) is 12.6. The first-order valence-corrected chi connectivity index (χ1v) is 11.2. The Labute approximate surface area is 157 Å². The van der Waals surface area contributed by atoms with Crippen molar-refractivity contribution in [3.63, 3.8) is 0 Å². The Kier molecular flexibility index (Phi) is 10.3. The average Bonchev–Trinajstić information content (AvgIpc) is 2.66. The Morgan fingerprint density at radius 1 is 0.600 bits per heavy atom. The molecule has 0 heterocycles. The Morgan fingerprint density at radius 3 is 1.72 bits per heavy atom. The van der Waals surface area contributed by atoms with Gasteiger partial charge in [-0.15, -0.1) is 0 Å². The normalized spacial score (nSPS) is 31.4. The van der Waals surface area contributed by atoms with Gasteiger partial charge < -0.3 is 0 Å². The molecule has 0 nitrogen and oxygen atoms in total. The van der Waals surface area contributed by atoms with Crippen molar-refractivity contribution >= 4 is 0 Å². The molecule has 2 aliphatic rings. The molecule has 0 amide bonds. The van der Waals surface area contributed by atoms with Gasteiger partial charge in [-0.3, -0.25) is 0 Å². The van der Waals surface area contributed by atoms with E-state index in [0.717, 1.165) is 23.7 Å². The third kappa shape index (κ3) is 8.43. The van der Waals surface area contributed by atoms with Crippen molar-refractivity contribution in [3.05, 3.63) is 36.5 Å². The Morgan fingerprint density at radius 2 is 1.12 bits per heavy atom. The second-order valence-electron chi connectivity index (χ2n) is 8.62. The van der Waals surface area contributed by atoms with Gasteiger partial charge in [0.25, 0.3) is 0 Å². The summed E-state index contributed by atoms with van der Waals surface area (Å²) in [5, 5.41) is 0. The molecular weight excluding hydrogens is 300 g/mol. The lowest BCUT2D eigenvalue weighted by Crippen LogP contribution is -2.14. The predicted molar refractivity (Wildman–Crippen MR) is 113 cm³/mol. The molecule has 0 heteroatoms. The second-order valence-corrected chi connectivity index (χ2v) is 8.62. The van der Waals surface area contributed by atoms with Crippen LogP contribution in [0.1, 0.15) is 97.3 Å². The molecule has 0 radical (unpaired) electrons. The van der Waals surface area contributed by atoms with Crippen LogP contribution in [-0.2, 0) is 0 Å². The van der Waals surface area contributed by atoms with Crippen LogP contribution < -0.4 is 0 Å². The molecule has 0 atom stereocenters. The summed E-state index contributed by atoms with van der Waals surface area (Å²) in [5.74, 6) is 3.87. The third-order valence-electron chi connectivity index (χ3n) is 6.69. The highest BCUT2D eigenvalue weighted by molar-refractivity contribution is 4.92. The summed E-state index contributed by atoms with van der Waals surface area (Å²) in [6, 6.07) is 0. The minimum Gasteiger partial charge on any atom is -0.0917 e. The average molecular weight is 343 g/mol. The molecule has 0 aromatic heterocycles. The van der Waals surface area contributed by atoms with Crippen molar-refractivity contribution in [2.24, 2.45) is 23.7 Å².